The summed E-state index contributed by atoms with van der Waals surface area (Å²) in [6.07, 6.45) is 1.17. The molecule has 1 saturated heterocycles. The van der Waals surface area contributed by atoms with Crippen LogP contribution in [0.5, 0.6) is 0 Å². The van der Waals surface area contributed by atoms with Crippen LogP contribution in [0.2, 0.25) is 5.02 Å². The fourth-order valence-corrected chi connectivity index (χ4v) is 4.47. The summed E-state index contributed by atoms with van der Waals surface area (Å²) in [7, 11) is 3.06. The molecule has 0 bridgehead atoms. The van der Waals surface area contributed by atoms with E-state index in [1.165, 1.54) is 36.4 Å². The highest BCUT2D eigenvalue weighted by Gasteiger charge is 2.20. The van der Waals surface area contributed by atoms with Crippen LogP contribution in [-0.2, 0) is 16.1 Å². The lowest BCUT2D eigenvalue weighted by Crippen LogP contribution is -2.50. The standard InChI is InChI=1S/C27H32ClFN8O4/c1-35(27(40)41-2)7-8-36-9-11-37(12-10-36)16-26(39)32-25-14-19(5-6-30-25)31-23-15-22(33-34-24(23)17-38)20-13-18(28)3-4-21(20)29/h3-6,13-15,38H,7-12,16-17H2,1-2H3,(H2,30,31,32,33,39). The number of methoxy groups -OCH3 is 1. The third kappa shape index (κ3) is 8.30. The third-order valence-electron chi connectivity index (χ3n) is 6.60. The molecule has 0 radical (unpaired) electrons. The first kappa shape index (κ1) is 30.1. The van der Waals surface area contributed by atoms with Gasteiger partial charge in [-0.15, -0.1) is 5.10 Å². The normalized spacial score (nSPS) is 14.0. The Balaban J connectivity index is 1.33. The van der Waals surface area contributed by atoms with Crippen molar-refractivity contribution >= 4 is 40.8 Å². The van der Waals surface area contributed by atoms with Crippen molar-refractivity contribution in [1.29, 1.82) is 0 Å². The van der Waals surface area contributed by atoms with Gasteiger partial charge in [-0.25, -0.2) is 14.2 Å². The molecule has 0 aliphatic carbocycles. The average molecular weight is 587 g/mol. The van der Waals surface area contributed by atoms with Crippen molar-refractivity contribution < 1.29 is 23.8 Å². The SMILES string of the molecule is COC(=O)N(C)CCN1CCN(CC(=O)Nc2cc(Nc3cc(-c4cc(Cl)ccc4F)nnc3CO)ccn2)CC1. The number of hydrogen-bond donors (Lipinski definition) is 3. The molecule has 0 spiro atoms. The molecule has 3 N–H and O–H groups in total. The molecule has 14 heteroatoms. The Morgan fingerprint density at radius 2 is 1.88 bits per heavy atom. The maximum atomic E-state index is 14.4. The molecule has 218 valence electrons. The summed E-state index contributed by atoms with van der Waals surface area (Å²) >= 11 is 6.03. The van der Waals surface area contributed by atoms with Crippen LogP contribution in [0.1, 0.15) is 5.69 Å². The lowest BCUT2D eigenvalue weighted by Gasteiger charge is -2.34. The minimum atomic E-state index is -0.507. The van der Waals surface area contributed by atoms with Gasteiger partial charge in [0.05, 0.1) is 31.6 Å². The molecule has 3 heterocycles. The van der Waals surface area contributed by atoms with Crippen molar-refractivity contribution in [2.45, 2.75) is 6.61 Å². The molecule has 0 saturated carbocycles. The van der Waals surface area contributed by atoms with E-state index in [0.717, 1.165) is 32.7 Å². The molecule has 1 aliphatic rings. The monoisotopic (exact) mass is 586 g/mol. The predicted molar refractivity (Wildman–Crippen MR) is 152 cm³/mol. The number of benzene rings is 1. The molecule has 1 fully saturated rings. The van der Waals surface area contributed by atoms with E-state index in [1.807, 2.05) is 0 Å². The molecule has 3 aromatic rings. The quantitative estimate of drug-likeness (QED) is 0.325. The van der Waals surface area contributed by atoms with Gasteiger partial charge in [0.1, 0.15) is 17.3 Å². The summed E-state index contributed by atoms with van der Waals surface area (Å²) in [6.45, 7) is 4.14. The molecule has 1 aliphatic heterocycles. The molecule has 0 atom stereocenters. The number of hydrogen-bond acceptors (Lipinski definition) is 10. The lowest BCUT2D eigenvalue weighted by molar-refractivity contribution is -0.117. The third-order valence-corrected chi connectivity index (χ3v) is 6.84. The van der Waals surface area contributed by atoms with Crippen LogP contribution in [0.15, 0.2) is 42.6 Å². The van der Waals surface area contributed by atoms with E-state index < -0.39 is 12.4 Å². The average Bonchev–Trinajstić information content (AvgIpc) is 2.97. The molecule has 4 rings (SSSR count). The number of pyridine rings is 1. The number of aromatic nitrogens is 3. The van der Waals surface area contributed by atoms with Crippen LogP contribution in [0.3, 0.4) is 0 Å². The van der Waals surface area contributed by atoms with E-state index in [-0.39, 0.29) is 35.5 Å². The van der Waals surface area contributed by atoms with Crippen LogP contribution in [0, 0.1) is 5.82 Å². The Morgan fingerprint density at radius 3 is 2.61 bits per heavy atom. The second-order valence-electron chi connectivity index (χ2n) is 9.48. The van der Waals surface area contributed by atoms with Crippen molar-refractivity contribution in [2.75, 3.05) is 70.6 Å². The fraction of sp³-hybridized carbons (Fsp3) is 0.370. The smallest absolute Gasteiger partial charge is 0.409 e. The van der Waals surface area contributed by atoms with Crippen molar-refractivity contribution in [3.63, 3.8) is 0 Å². The summed E-state index contributed by atoms with van der Waals surface area (Å²) in [6, 6.07) is 9.04. The molecule has 2 amide bonds. The van der Waals surface area contributed by atoms with Gasteiger partial charge in [-0.1, -0.05) is 11.6 Å². The largest absolute Gasteiger partial charge is 0.453 e. The lowest BCUT2D eigenvalue weighted by atomic mass is 10.1. The molecule has 12 nitrogen and oxygen atoms in total. The number of nitrogens with one attached hydrogen (secondary N) is 2. The number of carbonyl (C=O) groups excluding carboxylic acids is 2. The highest BCUT2D eigenvalue weighted by atomic mass is 35.5. The summed E-state index contributed by atoms with van der Waals surface area (Å²) in [5.41, 5.74) is 1.66. The number of aliphatic hydroxyl groups is 1. The van der Waals surface area contributed by atoms with Gasteiger partial charge in [0.25, 0.3) is 0 Å². The Bertz CT molecular complexity index is 1370. The van der Waals surface area contributed by atoms with Gasteiger partial charge in [-0.3, -0.25) is 14.6 Å². The number of likely N-dealkylation sites (N-methyl/N-ethyl adjacent to an activating group) is 1. The van der Waals surface area contributed by atoms with Gasteiger partial charge < -0.3 is 25.4 Å². The Morgan fingerprint density at radius 1 is 1.12 bits per heavy atom. The zero-order valence-corrected chi connectivity index (χ0v) is 23.6. The maximum absolute atomic E-state index is 14.4. The number of carbonyl (C=O) groups is 2. The molecule has 2 aromatic heterocycles. The first-order valence-electron chi connectivity index (χ1n) is 13.0. The summed E-state index contributed by atoms with van der Waals surface area (Å²) in [5.74, 6) is -0.361. The Hall–Kier alpha value is -3.91. The minimum absolute atomic E-state index is 0.176. The number of rotatable bonds is 10. The highest BCUT2D eigenvalue weighted by molar-refractivity contribution is 6.30. The van der Waals surface area contributed by atoms with Crippen molar-refractivity contribution in [3.8, 4) is 11.3 Å². The van der Waals surface area contributed by atoms with E-state index in [1.54, 1.807) is 25.2 Å². The summed E-state index contributed by atoms with van der Waals surface area (Å²) in [4.78, 5) is 34.3. The number of amides is 2. The van der Waals surface area contributed by atoms with Crippen molar-refractivity contribution in [2.24, 2.45) is 0 Å². The number of piperazine rings is 1. The van der Waals surface area contributed by atoms with Gasteiger partial charge in [0, 0.05) is 74.9 Å². The van der Waals surface area contributed by atoms with Crippen LogP contribution < -0.4 is 10.6 Å². The first-order valence-corrected chi connectivity index (χ1v) is 13.3. The predicted octanol–water partition coefficient (Wildman–Crippen LogP) is 2.82. The number of halogens is 2. The molecule has 41 heavy (non-hydrogen) atoms. The van der Waals surface area contributed by atoms with Crippen LogP contribution >= 0.6 is 11.6 Å². The van der Waals surface area contributed by atoms with Gasteiger partial charge in [0.15, 0.2) is 0 Å². The van der Waals surface area contributed by atoms with Gasteiger partial charge in [-0.2, -0.15) is 5.10 Å². The maximum Gasteiger partial charge on any atom is 0.409 e. The minimum Gasteiger partial charge on any atom is -0.453 e. The van der Waals surface area contributed by atoms with Crippen LogP contribution in [0.4, 0.5) is 26.4 Å². The Kier molecular flexibility index (Phi) is 10.4. The summed E-state index contributed by atoms with van der Waals surface area (Å²) < 4.78 is 19.1. The highest BCUT2D eigenvalue weighted by Crippen LogP contribution is 2.29. The van der Waals surface area contributed by atoms with Gasteiger partial charge in [-0.05, 0) is 30.3 Å². The van der Waals surface area contributed by atoms with Crippen molar-refractivity contribution in [1.82, 2.24) is 29.9 Å². The number of anilines is 3. The fourth-order valence-electron chi connectivity index (χ4n) is 4.29. The molecule has 1 aromatic carbocycles. The first-order chi connectivity index (χ1) is 19.7. The van der Waals surface area contributed by atoms with Crippen LogP contribution in [0.25, 0.3) is 11.3 Å². The second-order valence-corrected chi connectivity index (χ2v) is 9.92. The van der Waals surface area contributed by atoms with E-state index in [0.29, 0.717) is 28.8 Å². The molecule has 0 unspecified atom stereocenters. The van der Waals surface area contributed by atoms with Crippen molar-refractivity contribution in [3.05, 3.63) is 59.1 Å². The Labute approximate surface area is 242 Å². The molecular weight excluding hydrogens is 555 g/mol. The van der Waals surface area contributed by atoms with Gasteiger partial charge >= 0.3 is 6.09 Å². The number of ether oxygens (including phenoxy) is 1. The van der Waals surface area contributed by atoms with E-state index >= 15 is 0 Å². The topological polar surface area (TPSA) is 136 Å². The second kappa shape index (κ2) is 14.1. The van der Waals surface area contributed by atoms with E-state index in [4.69, 9.17) is 16.3 Å². The van der Waals surface area contributed by atoms with E-state index in [2.05, 4.69) is 35.6 Å². The number of nitrogens with zero attached hydrogens (tertiary/aromatic N) is 6. The summed E-state index contributed by atoms with van der Waals surface area (Å²) in [5, 5.41) is 24.1. The zero-order chi connectivity index (χ0) is 29.4. The molecular formula is C27H32ClFN8O4. The van der Waals surface area contributed by atoms with Crippen LogP contribution in [-0.4, -0.2) is 107 Å². The zero-order valence-electron chi connectivity index (χ0n) is 22.8. The van der Waals surface area contributed by atoms with E-state index in [9.17, 15) is 19.1 Å². The number of aliphatic hydroxyl groups excluding tert-OH is 1. The van der Waals surface area contributed by atoms with Gasteiger partial charge in [0.2, 0.25) is 5.91 Å².